The summed E-state index contributed by atoms with van der Waals surface area (Å²) in [5.74, 6) is -1.02. The molecule has 2 aromatic rings. The summed E-state index contributed by atoms with van der Waals surface area (Å²) >= 11 is 1.57. The van der Waals surface area contributed by atoms with E-state index >= 15 is 0 Å². The molecule has 0 saturated heterocycles. The van der Waals surface area contributed by atoms with E-state index in [0.29, 0.717) is 13.0 Å². The summed E-state index contributed by atoms with van der Waals surface area (Å²) in [5, 5.41) is 18.6. The van der Waals surface area contributed by atoms with Crippen LogP contribution in [0.4, 0.5) is 0 Å². The van der Waals surface area contributed by atoms with E-state index in [2.05, 4.69) is 10.5 Å². The number of amidine groups is 1. The van der Waals surface area contributed by atoms with Gasteiger partial charge in [-0.1, -0.05) is 35.5 Å². The Morgan fingerprint density at radius 1 is 1.29 bits per heavy atom. The molecule has 0 bridgehead atoms. The highest BCUT2D eigenvalue weighted by atomic mass is 32.1. The smallest absolute Gasteiger partial charge is 0.231 e. The second-order valence-corrected chi connectivity index (χ2v) is 5.40. The molecule has 1 unspecified atom stereocenters. The fraction of sp³-hybridized carbons (Fsp3) is 0.200. The number of oxime groups is 1. The standard InChI is InChI=1S/C15H17N3O2S/c16-14(18-20)13(8-11-4-2-1-3-5-11)15(19)17-9-12-6-7-21-10-12/h1-7,10,13,20H,8-9H2,(H2,16,18)(H,17,19). The molecule has 1 aromatic heterocycles. The lowest BCUT2D eigenvalue weighted by molar-refractivity contribution is -0.123. The summed E-state index contributed by atoms with van der Waals surface area (Å²) in [7, 11) is 0. The van der Waals surface area contributed by atoms with Gasteiger partial charge in [0.15, 0.2) is 5.84 Å². The van der Waals surface area contributed by atoms with Crippen molar-refractivity contribution in [2.45, 2.75) is 13.0 Å². The van der Waals surface area contributed by atoms with E-state index < -0.39 is 5.92 Å². The number of hydrogen-bond acceptors (Lipinski definition) is 4. The van der Waals surface area contributed by atoms with Crippen LogP contribution in [-0.2, 0) is 17.8 Å². The number of benzene rings is 1. The first kappa shape index (κ1) is 15.1. The predicted octanol–water partition coefficient (Wildman–Crippen LogP) is 1.97. The Bertz CT molecular complexity index is 597. The number of nitrogens with one attached hydrogen (secondary N) is 1. The molecule has 5 nitrogen and oxygen atoms in total. The van der Waals surface area contributed by atoms with E-state index in [9.17, 15) is 4.79 Å². The van der Waals surface area contributed by atoms with Crippen LogP contribution in [0.25, 0.3) is 0 Å². The molecule has 1 heterocycles. The van der Waals surface area contributed by atoms with Gasteiger partial charge in [-0.3, -0.25) is 4.79 Å². The molecule has 1 amide bonds. The van der Waals surface area contributed by atoms with Gasteiger partial charge in [0, 0.05) is 6.54 Å². The summed E-state index contributed by atoms with van der Waals surface area (Å²) in [6.07, 6.45) is 0.395. The van der Waals surface area contributed by atoms with Crippen molar-refractivity contribution in [1.29, 1.82) is 0 Å². The molecule has 0 fully saturated rings. The van der Waals surface area contributed by atoms with Crippen LogP contribution in [0.3, 0.4) is 0 Å². The van der Waals surface area contributed by atoms with E-state index in [1.165, 1.54) is 0 Å². The van der Waals surface area contributed by atoms with Gasteiger partial charge in [-0.15, -0.1) is 0 Å². The van der Waals surface area contributed by atoms with Crippen LogP contribution >= 0.6 is 11.3 Å². The number of rotatable bonds is 6. The Morgan fingerprint density at radius 3 is 2.67 bits per heavy atom. The molecule has 110 valence electrons. The molecule has 6 heteroatoms. The zero-order valence-electron chi connectivity index (χ0n) is 11.4. The zero-order valence-corrected chi connectivity index (χ0v) is 12.2. The summed E-state index contributed by atoms with van der Waals surface area (Å²) in [5.41, 5.74) is 7.65. The molecule has 2 rings (SSSR count). The minimum absolute atomic E-state index is 0.0818. The van der Waals surface area contributed by atoms with Gasteiger partial charge in [0.2, 0.25) is 5.91 Å². The van der Waals surface area contributed by atoms with Crippen LogP contribution < -0.4 is 11.1 Å². The topological polar surface area (TPSA) is 87.7 Å². The molecule has 0 aliphatic heterocycles. The Kier molecular flexibility index (Phi) is 5.34. The molecule has 21 heavy (non-hydrogen) atoms. The van der Waals surface area contributed by atoms with Gasteiger partial charge in [-0.25, -0.2) is 0 Å². The van der Waals surface area contributed by atoms with Gasteiger partial charge >= 0.3 is 0 Å². The number of carbonyl (C=O) groups is 1. The number of amides is 1. The van der Waals surface area contributed by atoms with Gasteiger partial charge in [0.25, 0.3) is 0 Å². The normalized spacial score (nSPS) is 12.9. The highest BCUT2D eigenvalue weighted by Gasteiger charge is 2.23. The minimum Gasteiger partial charge on any atom is -0.409 e. The average molecular weight is 303 g/mol. The monoisotopic (exact) mass is 303 g/mol. The van der Waals surface area contributed by atoms with E-state index in [0.717, 1.165) is 11.1 Å². The maximum Gasteiger partial charge on any atom is 0.231 e. The number of hydrogen-bond donors (Lipinski definition) is 3. The molecule has 0 aliphatic carbocycles. The molecular weight excluding hydrogens is 286 g/mol. The molecule has 0 radical (unpaired) electrons. The molecule has 0 aliphatic rings. The molecule has 0 saturated carbocycles. The lowest BCUT2D eigenvalue weighted by Gasteiger charge is -2.15. The van der Waals surface area contributed by atoms with Crippen molar-refractivity contribution in [3.05, 3.63) is 58.3 Å². The lowest BCUT2D eigenvalue weighted by atomic mass is 9.97. The van der Waals surface area contributed by atoms with Crippen LogP contribution in [0.5, 0.6) is 0 Å². The Balaban J connectivity index is 2.03. The number of carbonyl (C=O) groups excluding carboxylic acids is 1. The van der Waals surface area contributed by atoms with Gasteiger partial charge < -0.3 is 16.3 Å². The van der Waals surface area contributed by atoms with Crippen LogP contribution in [-0.4, -0.2) is 17.0 Å². The number of nitrogens with zero attached hydrogens (tertiary/aromatic N) is 1. The second kappa shape index (κ2) is 7.44. The summed E-state index contributed by atoms with van der Waals surface area (Å²) in [4.78, 5) is 12.3. The highest BCUT2D eigenvalue weighted by molar-refractivity contribution is 7.07. The first-order valence-electron chi connectivity index (χ1n) is 6.51. The van der Waals surface area contributed by atoms with Crippen molar-refractivity contribution in [2.75, 3.05) is 0 Å². The zero-order chi connectivity index (χ0) is 15.1. The van der Waals surface area contributed by atoms with Crippen LogP contribution in [0.2, 0.25) is 0 Å². The fourth-order valence-corrected chi connectivity index (χ4v) is 2.63. The maximum absolute atomic E-state index is 12.3. The van der Waals surface area contributed by atoms with Crippen LogP contribution in [0.15, 0.2) is 52.3 Å². The molecule has 1 atom stereocenters. The molecule has 4 N–H and O–H groups in total. The molecular formula is C15H17N3O2S. The third kappa shape index (κ3) is 4.32. The van der Waals surface area contributed by atoms with Crippen molar-refractivity contribution in [3.63, 3.8) is 0 Å². The minimum atomic E-state index is -0.684. The van der Waals surface area contributed by atoms with E-state index in [-0.39, 0.29) is 11.7 Å². The summed E-state index contributed by atoms with van der Waals surface area (Å²) in [6.45, 7) is 0.437. The van der Waals surface area contributed by atoms with E-state index in [1.54, 1.807) is 11.3 Å². The van der Waals surface area contributed by atoms with Gasteiger partial charge in [0.1, 0.15) is 5.92 Å². The van der Waals surface area contributed by atoms with Gasteiger partial charge in [-0.05, 0) is 34.4 Å². The van der Waals surface area contributed by atoms with Gasteiger partial charge in [-0.2, -0.15) is 11.3 Å². The van der Waals surface area contributed by atoms with E-state index in [4.69, 9.17) is 10.9 Å². The molecule has 0 spiro atoms. The predicted molar refractivity (Wildman–Crippen MR) is 83.2 cm³/mol. The quantitative estimate of drug-likeness (QED) is 0.330. The second-order valence-electron chi connectivity index (χ2n) is 4.62. The van der Waals surface area contributed by atoms with Crippen molar-refractivity contribution in [2.24, 2.45) is 16.8 Å². The van der Waals surface area contributed by atoms with Crippen molar-refractivity contribution >= 4 is 23.1 Å². The summed E-state index contributed by atoms with van der Waals surface area (Å²) < 4.78 is 0. The average Bonchev–Trinajstić information content (AvgIpc) is 3.04. The van der Waals surface area contributed by atoms with E-state index in [1.807, 2.05) is 47.2 Å². The third-order valence-electron chi connectivity index (χ3n) is 3.12. The molecule has 1 aromatic carbocycles. The fourth-order valence-electron chi connectivity index (χ4n) is 1.96. The first-order valence-corrected chi connectivity index (χ1v) is 7.45. The maximum atomic E-state index is 12.3. The lowest BCUT2D eigenvalue weighted by Crippen LogP contribution is -2.39. The van der Waals surface area contributed by atoms with Crippen LogP contribution in [0.1, 0.15) is 11.1 Å². The summed E-state index contributed by atoms with van der Waals surface area (Å²) in [6, 6.07) is 11.4. The van der Waals surface area contributed by atoms with Crippen molar-refractivity contribution < 1.29 is 10.0 Å². The van der Waals surface area contributed by atoms with Crippen molar-refractivity contribution in [3.8, 4) is 0 Å². The Morgan fingerprint density at radius 2 is 2.05 bits per heavy atom. The Hall–Kier alpha value is -2.34. The first-order chi connectivity index (χ1) is 10.2. The van der Waals surface area contributed by atoms with Crippen molar-refractivity contribution in [1.82, 2.24) is 5.32 Å². The SMILES string of the molecule is NC(=NO)C(Cc1ccccc1)C(=O)NCc1ccsc1. The van der Waals surface area contributed by atoms with Gasteiger partial charge in [0.05, 0.1) is 0 Å². The number of nitrogens with two attached hydrogens (primary N) is 1. The Labute approximate surface area is 127 Å². The highest BCUT2D eigenvalue weighted by Crippen LogP contribution is 2.11. The third-order valence-corrected chi connectivity index (χ3v) is 3.85. The largest absolute Gasteiger partial charge is 0.409 e. The van der Waals surface area contributed by atoms with Crippen LogP contribution in [0, 0.1) is 5.92 Å². The number of thiophene rings is 1.